The summed E-state index contributed by atoms with van der Waals surface area (Å²) in [6, 6.07) is 9.78. The molecule has 5 heteroatoms. The van der Waals surface area contributed by atoms with Crippen LogP contribution in [0.3, 0.4) is 0 Å². The molecule has 2 aliphatic rings. The van der Waals surface area contributed by atoms with Gasteiger partial charge in [-0.2, -0.15) is 0 Å². The zero-order valence-corrected chi connectivity index (χ0v) is 15.7. The van der Waals surface area contributed by atoms with Gasteiger partial charge in [0.15, 0.2) is 0 Å². The summed E-state index contributed by atoms with van der Waals surface area (Å²) >= 11 is 1.77. The second-order valence-electron chi connectivity index (χ2n) is 7.19. The molecule has 3 heterocycles. The molecule has 2 unspecified atom stereocenters. The smallest absolute Gasteiger partial charge is 0.222 e. The van der Waals surface area contributed by atoms with Gasteiger partial charge in [-0.3, -0.25) is 4.79 Å². The zero-order chi connectivity index (χ0) is 15.8. The molecule has 2 aromatic rings. The maximum atomic E-state index is 12.6. The Morgan fingerprint density at radius 2 is 1.96 bits per heavy atom. The Kier molecular flexibility index (Phi) is 5.48. The molecule has 2 aliphatic heterocycles. The van der Waals surface area contributed by atoms with Crippen LogP contribution in [0.5, 0.6) is 0 Å². The van der Waals surface area contributed by atoms with Crippen molar-refractivity contribution in [3.63, 3.8) is 0 Å². The average molecular weight is 365 g/mol. The van der Waals surface area contributed by atoms with E-state index >= 15 is 0 Å². The summed E-state index contributed by atoms with van der Waals surface area (Å²) in [6.07, 6.45) is 5.67. The normalized spacial score (nSPS) is 25.5. The molecule has 130 valence electrons. The first kappa shape index (κ1) is 17.7. The van der Waals surface area contributed by atoms with E-state index in [1.54, 1.807) is 11.3 Å². The van der Waals surface area contributed by atoms with Crippen molar-refractivity contribution < 1.29 is 4.79 Å². The van der Waals surface area contributed by atoms with Crippen LogP contribution in [-0.4, -0.2) is 29.9 Å². The minimum absolute atomic E-state index is 0. The van der Waals surface area contributed by atoms with Crippen LogP contribution >= 0.6 is 23.7 Å². The van der Waals surface area contributed by atoms with E-state index in [0.29, 0.717) is 30.3 Å². The van der Waals surface area contributed by atoms with Crippen molar-refractivity contribution in [3.8, 4) is 0 Å². The van der Waals surface area contributed by atoms with Gasteiger partial charge in [-0.05, 0) is 54.0 Å². The second kappa shape index (κ2) is 7.42. The van der Waals surface area contributed by atoms with Gasteiger partial charge in [0.25, 0.3) is 0 Å². The summed E-state index contributed by atoms with van der Waals surface area (Å²) in [4.78, 5) is 14.5. The van der Waals surface area contributed by atoms with E-state index in [-0.39, 0.29) is 12.4 Å². The molecule has 1 aromatic heterocycles. The van der Waals surface area contributed by atoms with Gasteiger partial charge in [0.2, 0.25) is 5.91 Å². The number of nitrogens with one attached hydrogen (secondary N) is 1. The van der Waals surface area contributed by atoms with Crippen molar-refractivity contribution in [2.75, 3.05) is 7.05 Å². The molecular weight excluding hydrogens is 340 g/mol. The third kappa shape index (κ3) is 3.61. The van der Waals surface area contributed by atoms with Gasteiger partial charge in [-0.1, -0.05) is 18.2 Å². The van der Waals surface area contributed by atoms with Crippen molar-refractivity contribution in [3.05, 3.63) is 35.2 Å². The van der Waals surface area contributed by atoms with Crippen LogP contribution in [0.25, 0.3) is 10.1 Å². The van der Waals surface area contributed by atoms with Crippen LogP contribution in [-0.2, 0) is 11.3 Å². The fourth-order valence-electron chi connectivity index (χ4n) is 4.24. The Morgan fingerprint density at radius 3 is 2.71 bits per heavy atom. The van der Waals surface area contributed by atoms with Gasteiger partial charge in [0.05, 0.1) is 0 Å². The third-order valence-electron chi connectivity index (χ3n) is 5.43. The highest BCUT2D eigenvalue weighted by molar-refractivity contribution is 7.17. The molecule has 0 aliphatic carbocycles. The van der Waals surface area contributed by atoms with Crippen molar-refractivity contribution in [2.45, 2.75) is 50.7 Å². The number of carbonyl (C=O) groups is 1. The van der Waals surface area contributed by atoms with Crippen LogP contribution in [0, 0.1) is 5.92 Å². The van der Waals surface area contributed by atoms with Crippen molar-refractivity contribution in [1.29, 1.82) is 0 Å². The van der Waals surface area contributed by atoms with E-state index in [1.807, 2.05) is 11.9 Å². The number of amides is 1. The summed E-state index contributed by atoms with van der Waals surface area (Å²) in [6.45, 7) is 0.723. The number of benzene rings is 1. The Bertz CT molecular complexity index is 704. The van der Waals surface area contributed by atoms with E-state index in [4.69, 9.17) is 0 Å². The van der Waals surface area contributed by atoms with E-state index in [2.05, 4.69) is 35.0 Å². The molecule has 0 saturated carbocycles. The first-order valence-electron chi connectivity index (χ1n) is 8.64. The van der Waals surface area contributed by atoms with Crippen molar-refractivity contribution >= 4 is 39.7 Å². The Balaban J connectivity index is 0.00000169. The highest BCUT2D eigenvalue weighted by atomic mass is 35.5. The molecule has 2 bridgehead atoms. The van der Waals surface area contributed by atoms with E-state index in [0.717, 1.165) is 6.54 Å². The molecule has 1 amide bonds. The molecule has 1 aromatic carbocycles. The number of thiophene rings is 1. The van der Waals surface area contributed by atoms with Gasteiger partial charge in [-0.15, -0.1) is 23.7 Å². The lowest BCUT2D eigenvalue weighted by atomic mass is 9.89. The summed E-state index contributed by atoms with van der Waals surface area (Å²) in [5.41, 5.74) is 1.27. The molecule has 2 atom stereocenters. The number of rotatable bonds is 4. The van der Waals surface area contributed by atoms with Crippen LogP contribution in [0.2, 0.25) is 0 Å². The van der Waals surface area contributed by atoms with Crippen LogP contribution in [0.4, 0.5) is 0 Å². The van der Waals surface area contributed by atoms with Gasteiger partial charge in [0, 0.05) is 36.8 Å². The highest BCUT2D eigenvalue weighted by Crippen LogP contribution is 2.33. The fraction of sp³-hybridized carbons (Fsp3) is 0.526. The zero-order valence-electron chi connectivity index (χ0n) is 14.0. The molecule has 0 spiro atoms. The molecular formula is C19H25ClN2OS. The van der Waals surface area contributed by atoms with Crippen LogP contribution in [0.1, 0.15) is 37.7 Å². The highest BCUT2D eigenvalue weighted by Gasteiger charge is 2.34. The van der Waals surface area contributed by atoms with E-state index in [1.165, 1.54) is 41.3 Å². The number of carbonyl (C=O) groups excluding carboxylic acids is 1. The standard InChI is InChI=1S/C19H24N2OS.ClH/c1-21(11-14-12-23-18-5-3-2-4-17(14)18)19(22)10-13-8-15-6-7-16(9-13)20-15;/h2-5,12-13,15-16,20H,6-11H2,1H3;1H. The minimum atomic E-state index is 0. The molecule has 2 fully saturated rings. The van der Waals surface area contributed by atoms with Gasteiger partial charge in [-0.25, -0.2) is 0 Å². The predicted octanol–water partition coefficient (Wildman–Crippen LogP) is 4.20. The quantitative estimate of drug-likeness (QED) is 0.881. The summed E-state index contributed by atoms with van der Waals surface area (Å²) in [5.74, 6) is 0.870. The van der Waals surface area contributed by atoms with Crippen LogP contribution < -0.4 is 5.32 Å². The molecule has 1 N–H and O–H groups in total. The number of piperidine rings is 1. The average Bonchev–Trinajstić information content (AvgIpc) is 3.11. The summed E-state index contributed by atoms with van der Waals surface area (Å²) in [5, 5.41) is 7.14. The van der Waals surface area contributed by atoms with E-state index in [9.17, 15) is 4.79 Å². The molecule has 0 radical (unpaired) electrons. The predicted molar refractivity (Wildman–Crippen MR) is 103 cm³/mol. The van der Waals surface area contributed by atoms with Gasteiger partial charge >= 0.3 is 0 Å². The number of fused-ring (bicyclic) bond motifs is 3. The third-order valence-corrected chi connectivity index (χ3v) is 6.44. The lowest BCUT2D eigenvalue weighted by Crippen LogP contribution is -2.39. The monoisotopic (exact) mass is 364 g/mol. The number of hydrogen-bond donors (Lipinski definition) is 1. The fourth-order valence-corrected chi connectivity index (χ4v) is 5.20. The van der Waals surface area contributed by atoms with E-state index < -0.39 is 0 Å². The molecule has 24 heavy (non-hydrogen) atoms. The minimum Gasteiger partial charge on any atom is -0.341 e. The summed E-state index contributed by atoms with van der Waals surface area (Å²) in [7, 11) is 1.95. The first-order chi connectivity index (χ1) is 11.2. The lowest BCUT2D eigenvalue weighted by Gasteiger charge is -2.30. The molecule has 3 nitrogen and oxygen atoms in total. The lowest BCUT2D eigenvalue weighted by molar-refractivity contribution is -0.131. The van der Waals surface area contributed by atoms with Gasteiger partial charge < -0.3 is 10.2 Å². The van der Waals surface area contributed by atoms with Crippen LogP contribution in [0.15, 0.2) is 29.6 Å². The Morgan fingerprint density at radius 1 is 1.25 bits per heavy atom. The Hall–Kier alpha value is -1.10. The second-order valence-corrected chi connectivity index (χ2v) is 8.10. The number of halogens is 1. The van der Waals surface area contributed by atoms with Gasteiger partial charge in [0.1, 0.15) is 0 Å². The first-order valence-corrected chi connectivity index (χ1v) is 9.52. The maximum absolute atomic E-state index is 12.6. The summed E-state index contributed by atoms with van der Waals surface area (Å²) < 4.78 is 1.30. The number of nitrogens with zero attached hydrogens (tertiary/aromatic N) is 1. The van der Waals surface area contributed by atoms with Crippen molar-refractivity contribution in [1.82, 2.24) is 10.2 Å². The van der Waals surface area contributed by atoms with Crippen molar-refractivity contribution in [2.24, 2.45) is 5.92 Å². The number of hydrogen-bond acceptors (Lipinski definition) is 3. The topological polar surface area (TPSA) is 32.3 Å². The molecule has 4 rings (SSSR count). The Labute approximate surface area is 153 Å². The maximum Gasteiger partial charge on any atom is 0.222 e. The largest absolute Gasteiger partial charge is 0.341 e. The molecule has 2 saturated heterocycles. The SMILES string of the molecule is CN(Cc1csc2ccccc12)C(=O)CC1CC2CCC(C1)N2.Cl.